The molecule has 1 amide bonds. The lowest BCUT2D eigenvalue weighted by Gasteiger charge is -2.32. The number of carbonyl (C=O) groups is 1. The number of aromatic nitrogens is 5. The van der Waals surface area contributed by atoms with Crippen LogP contribution in [0.3, 0.4) is 0 Å². The number of amides is 1. The summed E-state index contributed by atoms with van der Waals surface area (Å²) in [5.74, 6) is 0.263. The Morgan fingerprint density at radius 2 is 1.90 bits per heavy atom. The number of carbonyl (C=O) groups excluding carboxylic acids is 1. The van der Waals surface area contributed by atoms with Crippen LogP contribution in [0.5, 0.6) is 0 Å². The van der Waals surface area contributed by atoms with E-state index in [1.54, 1.807) is 18.6 Å². The van der Waals surface area contributed by atoms with Crippen molar-refractivity contribution >= 4 is 25.3 Å². The van der Waals surface area contributed by atoms with E-state index in [2.05, 4.69) is 29.6 Å². The van der Waals surface area contributed by atoms with E-state index in [4.69, 9.17) is 19.4 Å². The Balaban J connectivity index is 1.23. The Bertz CT molecular complexity index is 1420. The molecule has 5 rings (SSSR count). The standard InChI is InChI=1S/C30H38N6O3Si/c1-40(2,3)17-16-38-22-36-15-11-25-29(36)33-19-27(34-25)28-26(31-12-13-32-28)18-24-10-7-14-35(20-24)30(37)39-21-23-8-5-4-6-9-23/h4-6,8-9,11-13,15,19,24H,7,10,14,16-18,20-22H2,1-3H3/t24-/m1/s1. The monoisotopic (exact) mass is 558 g/mol. The molecule has 0 aliphatic carbocycles. The molecule has 210 valence electrons. The molecule has 3 aromatic heterocycles. The van der Waals surface area contributed by atoms with Gasteiger partial charge in [0, 0.05) is 46.4 Å². The van der Waals surface area contributed by atoms with Crippen LogP contribution in [0.2, 0.25) is 25.7 Å². The first-order chi connectivity index (χ1) is 19.4. The van der Waals surface area contributed by atoms with Crippen molar-refractivity contribution in [1.29, 1.82) is 0 Å². The number of fused-ring (bicyclic) bond motifs is 1. The fourth-order valence-corrected chi connectivity index (χ4v) is 5.69. The van der Waals surface area contributed by atoms with Crippen molar-refractivity contribution in [1.82, 2.24) is 29.4 Å². The summed E-state index contributed by atoms with van der Waals surface area (Å²) in [4.78, 5) is 33.4. The van der Waals surface area contributed by atoms with E-state index in [-0.39, 0.29) is 18.6 Å². The molecule has 40 heavy (non-hydrogen) atoms. The average molecular weight is 559 g/mol. The Kier molecular flexibility index (Phi) is 8.86. The summed E-state index contributed by atoms with van der Waals surface area (Å²) in [5.41, 5.74) is 4.88. The van der Waals surface area contributed by atoms with Gasteiger partial charge < -0.3 is 18.9 Å². The van der Waals surface area contributed by atoms with Gasteiger partial charge in [-0.05, 0) is 42.9 Å². The van der Waals surface area contributed by atoms with Crippen LogP contribution in [0, 0.1) is 5.92 Å². The van der Waals surface area contributed by atoms with Gasteiger partial charge in [0.1, 0.15) is 30.2 Å². The second-order valence-electron chi connectivity index (χ2n) is 11.6. The highest BCUT2D eigenvalue weighted by atomic mass is 28.3. The number of hydrogen-bond donors (Lipinski definition) is 0. The highest BCUT2D eigenvalue weighted by Gasteiger charge is 2.26. The van der Waals surface area contributed by atoms with Crippen molar-refractivity contribution < 1.29 is 14.3 Å². The number of rotatable bonds is 10. The number of likely N-dealkylation sites (tertiary alicyclic amines) is 1. The van der Waals surface area contributed by atoms with Gasteiger partial charge in [-0.2, -0.15) is 0 Å². The molecule has 4 heterocycles. The molecule has 1 aliphatic heterocycles. The molecular formula is C30H38N6O3Si. The zero-order valence-electron chi connectivity index (χ0n) is 23.6. The minimum atomic E-state index is -1.13. The van der Waals surface area contributed by atoms with Gasteiger partial charge in [0.15, 0.2) is 5.65 Å². The van der Waals surface area contributed by atoms with Crippen LogP contribution in [0.15, 0.2) is 61.2 Å². The lowest BCUT2D eigenvalue weighted by Crippen LogP contribution is -2.40. The van der Waals surface area contributed by atoms with E-state index >= 15 is 0 Å². The highest BCUT2D eigenvalue weighted by Crippen LogP contribution is 2.26. The van der Waals surface area contributed by atoms with Crippen molar-refractivity contribution in [2.45, 2.75) is 58.3 Å². The normalized spacial score (nSPS) is 15.9. The van der Waals surface area contributed by atoms with Crippen molar-refractivity contribution in [2.24, 2.45) is 5.92 Å². The van der Waals surface area contributed by atoms with Crippen molar-refractivity contribution in [3.8, 4) is 11.4 Å². The summed E-state index contributed by atoms with van der Waals surface area (Å²) in [7, 11) is -1.13. The Labute approximate surface area is 236 Å². The van der Waals surface area contributed by atoms with E-state index in [1.165, 1.54) is 0 Å². The van der Waals surface area contributed by atoms with E-state index < -0.39 is 8.07 Å². The largest absolute Gasteiger partial charge is 0.445 e. The molecule has 1 aromatic carbocycles. The lowest BCUT2D eigenvalue weighted by molar-refractivity contribution is 0.0789. The molecule has 1 aliphatic rings. The van der Waals surface area contributed by atoms with E-state index in [9.17, 15) is 4.79 Å². The zero-order valence-corrected chi connectivity index (χ0v) is 24.6. The number of piperidine rings is 1. The van der Waals surface area contributed by atoms with Crippen LogP contribution < -0.4 is 0 Å². The van der Waals surface area contributed by atoms with Crippen LogP contribution in [-0.4, -0.2) is 63.3 Å². The maximum atomic E-state index is 12.8. The SMILES string of the molecule is C[Si](C)(C)CCOCn1ccc2nc(-c3nccnc3C[C@H]3CCCN(C(=O)OCc4ccccc4)C3)cnc21. The van der Waals surface area contributed by atoms with Gasteiger partial charge in [-0.15, -0.1) is 0 Å². The molecular weight excluding hydrogens is 520 g/mol. The molecule has 0 bridgehead atoms. The molecule has 9 nitrogen and oxygen atoms in total. The fraction of sp³-hybridized carbons (Fsp3) is 0.433. The first-order valence-electron chi connectivity index (χ1n) is 14.0. The molecule has 1 fully saturated rings. The third-order valence-corrected chi connectivity index (χ3v) is 8.88. The van der Waals surface area contributed by atoms with Crippen LogP contribution in [-0.2, 0) is 29.2 Å². The number of hydrogen-bond acceptors (Lipinski definition) is 7. The van der Waals surface area contributed by atoms with E-state index in [0.717, 1.165) is 53.6 Å². The summed E-state index contributed by atoms with van der Waals surface area (Å²) in [6.45, 7) is 9.88. The summed E-state index contributed by atoms with van der Waals surface area (Å²) >= 11 is 0. The van der Waals surface area contributed by atoms with Gasteiger partial charge in [-0.3, -0.25) is 9.97 Å². The van der Waals surface area contributed by atoms with Crippen molar-refractivity contribution in [2.75, 3.05) is 19.7 Å². The molecule has 4 aromatic rings. The van der Waals surface area contributed by atoms with Crippen LogP contribution in [0.25, 0.3) is 22.6 Å². The third kappa shape index (κ3) is 7.31. The van der Waals surface area contributed by atoms with E-state index in [0.29, 0.717) is 31.9 Å². The number of ether oxygens (including phenoxy) is 2. The predicted molar refractivity (Wildman–Crippen MR) is 157 cm³/mol. The molecule has 10 heteroatoms. The third-order valence-electron chi connectivity index (χ3n) is 7.17. The Hall–Kier alpha value is -3.63. The molecule has 1 saturated heterocycles. The first kappa shape index (κ1) is 27.9. The maximum absolute atomic E-state index is 12.8. The molecule has 0 saturated carbocycles. The van der Waals surface area contributed by atoms with Gasteiger partial charge in [0.2, 0.25) is 0 Å². The molecule has 0 unspecified atom stereocenters. The molecule has 0 N–H and O–H groups in total. The topological polar surface area (TPSA) is 95.3 Å². The summed E-state index contributed by atoms with van der Waals surface area (Å²) in [6, 6.07) is 12.9. The van der Waals surface area contributed by atoms with Gasteiger partial charge in [0.05, 0.1) is 11.9 Å². The minimum absolute atomic E-state index is 0.263. The fourth-order valence-electron chi connectivity index (χ4n) is 4.93. The minimum Gasteiger partial charge on any atom is -0.445 e. The van der Waals surface area contributed by atoms with Crippen LogP contribution in [0.4, 0.5) is 4.79 Å². The lowest BCUT2D eigenvalue weighted by atomic mass is 9.92. The van der Waals surface area contributed by atoms with Gasteiger partial charge in [0.25, 0.3) is 0 Å². The van der Waals surface area contributed by atoms with Gasteiger partial charge in [-0.25, -0.2) is 14.8 Å². The van der Waals surface area contributed by atoms with Gasteiger partial charge in [-0.1, -0.05) is 50.0 Å². The van der Waals surface area contributed by atoms with Crippen molar-refractivity contribution in [3.05, 3.63) is 72.4 Å². The van der Waals surface area contributed by atoms with Crippen molar-refractivity contribution in [3.63, 3.8) is 0 Å². The maximum Gasteiger partial charge on any atom is 0.410 e. The van der Waals surface area contributed by atoms with Crippen LogP contribution >= 0.6 is 0 Å². The smallest absolute Gasteiger partial charge is 0.410 e. The Morgan fingerprint density at radius 3 is 2.73 bits per heavy atom. The highest BCUT2D eigenvalue weighted by molar-refractivity contribution is 6.76. The number of benzene rings is 1. The summed E-state index contributed by atoms with van der Waals surface area (Å²) in [5, 5.41) is 0. The number of nitrogens with zero attached hydrogens (tertiary/aromatic N) is 6. The second kappa shape index (κ2) is 12.7. The molecule has 0 radical (unpaired) electrons. The van der Waals surface area contributed by atoms with E-state index in [1.807, 2.05) is 52.1 Å². The molecule has 0 spiro atoms. The average Bonchev–Trinajstić information content (AvgIpc) is 3.37. The Morgan fingerprint density at radius 1 is 1.07 bits per heavy atom. The molecule has 1 atom stereocenters. The quantitative estimate of drug-likeness (QED) is 0.180. The van der Waals surface area contributed by atoms with Gasteiger partial charge >= 0.3 is 6.09 Å². The summed E-state index contributed by atoms with van der Waals surface area (Å²) < 4.78 is 13.5. The second-order valence-corrected chi connectivity index (χ2v) is 17.3. The zero-order chi connectivity index (χ0) is 28.0. The van der Waals surface area contributed by atoms with Crippen LogP contribution in [0.1, 0.15) is 24.1 Å². The predicted octanol–water partition coefficient (Wildman–Crippen LogP) is 5.79. The summed E-state index contributed by atoms with van der Waals surface area (Å²) in [6.07, 6.45) is 9.53. The first-order valence-corrected chi connectivity index (χ1v) is 17.7.